The van der Waals surface area contributed by atoms with Crippen molar-refractivity contribution in [1.82, 2.24) is 16.2 Å². The Hall–Kier alpha value is -1.63. The summed E-state index contributed by atoms with van der Waals surface area (Å²) in [6, 6.07) is 4.84. The molecule has 1 aliphatic heterocycles. The Kier molecular flexibility index (Phi) is 7.02. The van der Waals surface area contributed by atoms with E-state index in [1.165, 1.54) is 0 Å². The van der Waals surface area contributed by atoms with E-state index in [4.69, 9.17) is 11.6 Å². The van der Waals surface area contributed by atoms with Crippen molar-refractivity contribution in [2.45, 2.75) is 51.6 Å². The molecule has 2 unspecified atom stereocenters. The van der Waals surface area contributed by atoms with Gasteiger partial charge in [0, 0.05) is 17.6 Å². The first kappa shape index (κ1) is 18.7. The molecule has 0 radical (unpaired) electrons. The molecule has 4 N–H and O–H groups in total. The van der Waals surface area contributed by atoms with Crippen LogP contribution in [0.1, 0.15) is 49.9 Å². The molecular weight excluding hydrogens is 328 g/mol. The van der Waals surface area contributed by atoms with Crippen molar-refractivity contribution < 1.29 is 9.59 Å². The highest BCUT2D eigenvalue weighted by Crippen LogP contribution is 2.22. The van der Waals surface area contributed by atoms with Crippen LogP contribution in [0.5, 0.6) is 0 Å². The molecule has 7 heteroatoms. The van der Waals surface area contributed by atoms with Gasteiger partial charge >= 0.3 is 0 Å². The number of nitrogens with one attached hydrogen (secondary N) is 4. The summed E-state index contributed by atoms with van der Waals surface area (Å²) < 4.78 is 0. The van der Waals surface area contributed by atoms with Crippen LogP contribution in [0.3, 0.4) is 0 Å². The fourth-order valence-corrected chi connectivity index (χ4v) is 2.88. The number of carbonyl (C=O) groups is 2. The van der Waals surface area contributed by atoms with Crippen LogP contribution in [-0.4, -0.2) is 30.4 Å². The number of halogens is 1. The molecule has 0 saturated carbocycles. The number of benzene rings is 1. The van der Waals surface area contributed by atoms with Gasteiger partial charge in [0.1, 0.15) is 6.04 Å². The zero-order chi connectivity index (χ0) is 17.5. The molecule has 2 atom stereocenters. The predicted molar refractivity (Wildman–Crippen MR) is 96.1 cm³/mol. The molecule has 0 aliphatic carbocycles. The van der Waals surface area contributed by atoms with Crippen molar-refractivity contribution in [2.24, 2.45) is 0 Å². The summed E-state index contributed by atoms with van der Waals surface area (Å²) in [6.45, 7) is 4.68. The molecule has 0 bridgehead atoms. The molecule has 0 aromatic heterocycles. The summed E-state index contributed by atoms with van der Waals surface area (Å²) in [7, 11) is 0. The molecule has 1 aromatic carbocycles. The lowest BCUT2D eigenvalue weighted by molar-refractivity contribution is -0.117. The van der Waals surface area contributed by atoms with Crippen LogP contribution in [0.4, 0.5) is 5.69 Å². The van der Waals surface area contributed by atoms with Crippen LogP contribution in [0.2, 0.25) is 5.02 Å². The first-order valence-electron chi connectivity index (χ1n) is 8.44. The van der Waals surface area contributed by atoms with E-state index in [1.807, 2.05) is 6.92 Å². The molecule has 1 fully saturated rings. The average Bonchev–Trinajstić information content (AvgIpc) is 3.02. The number of hydrogen-bond donors (Lipinski definition) is 4. The Balaban J connectivity index is 2.07. The van der Waals surface area contributed by atoms with E-state index in [-0.39, 0.29) is 23.9 Å². The number of carbonyl (C=O) groups excluding carboxylic acids is 2. The van der Waals surface area contributed by atoms with E-state index >= 15 is 0 Å². The van der Waals surface area contributed by atoms with Gasteiger partial charge in [-0.3, -0.25) is 15.0 Å². The van der Waals surface area contributed by atoms with E-state index in [0.717, 1.165) is 25.7 Å². The maximum atomic E-state index is 12.5. The van der Waals surface area contributed by atoms with Crippen LogP contribution in [-0.2, 0) is 4.79 Å². The third-order valence-corrected chi connectivity index (χ3v) is 4.19. The molecule has 2 rings (SSSR count). The van der Waals surface area contributed by atoms with Crippen molar-refractivity contribution in [3.05, 3.63) is 28.8 Å². The second-order valence-corrected chi connectivity index (χ2v) is 6.43. The SMILES string of the molecule is CCCNC(=O)c1ccc(Cl)cc1NC(=O)C1CC(CCC)NN1. The van der Waals surface area contributed by atoms with Crippen molar-refractivity contribution in [1.29, 1.82) is 0 Å². The Labute approximate surface area is 147 Å². The number of hydrogen-bond acceptors (Lipinski definition) is 4. The number of amides is 2. The van der Waals surface area contributed by atoms with E-state index in [0.29, 0.717) is 22.8 Å². The molecule has 2 amide bonds. The highest BCUT2D eigenvalue weighted by molar-refractivity contribution is 6.31. The van der Waals surface area contributed by atoms with Gasteiger partial charge in [0.2, 0.25) is 5.91 Å². The minimum Gasteiger partial charge on any atom is -0.352 e. The molecule has 1 saturated heterocycles. The Morgan fingerprint density at radius 2 is 2.04 bits per heavy atom. The topological polar surface area (TPSA) is 82.3 Å². The third kappa shape index (κ3) is 4.93. The lowest BCUT2D eigenvalue weighted by Crippen LogP contribution is -2.40. The molecule has 24 heavy (non-hydrogen) atoms. The van der Waals surface area contributed by atoms with Gasteiger partial charge in [-0.15, -0.1) is 0 Å². The average molecular weight is 353 g/mol. The quantitative estimate of drug-likeness (QED) is 0.607. The zero-order valence-electron chi connectivity index (χ0n) is 14.1. The lowest BCUT2D eigenvalue weighted by Gasteiger charge is -2.14. The predicted octanol–water partition coefficient (Wildman–Crippen LogP) is 2.45. The fourth-order valence-electron chi connectivity index (χ4n) is 2.70. The second kappa shape index (κ2) is 9.01. The monoisotopic (exact) mass is 352 g/mol. The van der Waals surface area contributed by atoms with Crippen LogP contribution in [0.25, 0.3) is 0 Å². The lowest BCUT2D eigenvalue weighted by atomic mass is 10.1. The summed E-state index contributed by atoms with van der Waals surface area (Å²) in [4.78, 5) is 24.7. The largest absolute Gasteiger partial charge is 0.352 e. The van der Waals surface area contributed by atoms with Crippen LogP contribution in [0, 0.1) is 0 Å². The molecule has 132 valence electrons. The fraction of sp³-hybridized carbons (Fsp3) is 0.529. The van der Waals surface area contributed by atoms with E-state index in [2.05, 4.69) is 28.4 Å². The molecular formula is C17H25ClN4O2. The first-order chi connectivity index (χ1) is 11.5. The normalized spacial score (nSPS) is 20.0. The first-order valence-corrected chi connectivity index (χ1v) is 8.82. The maximum absolute atomic E-state index is 12.5. The summed E-state index contributed by atoms with van der Waals surface area (Å²) in [6.07, 6.45) is 3.64. The third-order valence-electron chi connectivity index (χ3n) is 3.96. The standard InChI is InChI=1S/C17H25ClN4O2/c1-3-5-12-10-15(22-21-12)17(24)20-14-9-11(18)6-7-13(14)16(23)19-8-4-2/h6-7,9,12,15,21-22H,3-5,8,10H2,1-2H3,(H,19,23)(H,20,24). The van der Waals surface area contributed by atoms with Crippen molar-refractivity contribution in [2.75, 3.05) is 11.9 Å². The Bertz CT molecular complexity index is 594. The van der Waals surface area contributed by atoms with Crippen molar-refractivity contribution >= 4 is 29.1 Å². The van der Waals surface area contributed by atoms with Gasteiger partial charge < -0.3 is 10.6 Å². The van der Waals surface area contributed by atoms with Gasteiger partial charge in [0.25, 0.3) is 5.91 Å². The Morgan fingerprint density at radius 3 is 2.75 bits per heavy atom. The van der Waals surface area contributed by atoms with E-state index in [1.54, 1.807) is 18.2 Å². The summed E-state index contributed by atoms with van der Waals surface area (Å²) >= 11 is 6.02. The van der Waals surface area contributed by atoms with Gasteiger partial charge in [-0.25, -0.2) is 5.43 Å². The second-order valence-electron chi connectivity index (χ2n) is 6.00. The summed E-state index contributed by atoms with van der Waals surface area (Å²) in [5, 5.41) is 6.11. The van der Waals surface area contributed by atoms with Crippen molar-refractivity contribution in [3.8, 4) is 0 Å². The smallest absolute Gasteiger partial charge is 0.253 e. The van der Waals surface area contributed by atoms with Crippen LogP contribution >= 0.6 is 11.6 Å². The zero-order valence-corrected chi connectivity index (χ0v) is 14.9. The van der Waals surface area contributed by atoms with Crippen molar-refractivity contribution in [3.63, 3.8) is 0 Å². The van der Waals surface area contributed by atoms with Gasteiger partial charge in [-0.1, -0.05) is 31.9 Å². The highest BCUT2D eigenvalue weighted by atomic mass is 35.5. The number of anilines is 1. The van der Waals surface area contributed by atoms with E-state index < -0.39 is 0 Å². The minimum atomic E-state index is -0.327. The molecule has 1 aliphatic rings. The van der Waals surface area contributed by atoms with Gasteiger partial charge in [-0.05, 0) is 37.5 Å². The molecule has 1 aromatic rings. The van der Waals surface area contributed by atoms with Gasteiger partial charge in [0.05, 0.1) is 11.3 Å². The highest BCUT2D eigenvalue weighted by Gasteiger charge is 2.29. The summed E-state index contributed by atoms with van der Waals surface area (Å²) in [5.41, 5.74) is 6.99. The van der Waals surface area contributed by atoms with Gasteiger partial charge in [0.15, 0.2) is 0 Å². The van der Waals surface area contributed by atoms with Gasteiger partial charge in [-0.2, -0.15) is 0 Å². The number of hydrazine groups is 1. The van der Waals surface area contributed by atoms with E-state index in [9.17, 15) is 9.59 Å². The van der Waals surface area contributed by atoms with Crippen LogP contribution < -0.4 is 21.5 Å². The van der Waals surface area contributed by atoms with Crippen LogP contribution in [0.15, 0.2) is 18.2 Å². The molecule has 1 heterocycles. The maximum Gasteiger partial charge on any atom is 0.253 e. The summed E-state index contributed by atoms with van der Waals surface area (Å²) in [5.74, 6) is -0.391. The number of rotatable bonds is 7. The molecule has 6 nitrogen and oxygen atoms in total. The Morgan fingerprint density at radius 1 is 1.25 bits per heavy atom. The minimum absolute atomic E-state index is 0.173. The molecule has 0 spiro atoms.